The van der Waals surface area contributed by atoms with Crippen LogP contribution in [-0.2, 0) is 22.6 Å². The highest BCUT2D eigenvalue weighted by Crippen LogP contribution is 2.26. The Bertz CT molecular complexity index is 1330. The van der Waals surface area contributed by atoms with E-state index in [2.05, 4.69) is 16.4 Å². The number of nitrogens with zero attached hydrogens (tertiary/aromatic N) is 4. The predicted molar refractivity (Wildman–Crippen MR) is 134 cm³/mol. The Morgan fingerprint density at radius 2 is 1.97 bits per heavy atom. The molecule has 2 amide bonds. The highest BCUT2D eigenvalue weighted by atomic mass is 32.1. The number of hydrogen-bond donors (Lipinski definition) is 1. The number of anilines is 2. The number of aryl methyl sites for hydroxylation is 1. The third-order valence-electron chi connectivity index (χ3n) is 5.72. The summed E-state index contributed by atoms with van der Waals surface area (Å²) in [4.78, 5) is 31.1. The molecule has 0 saturated carbocycles. The van der Waals surface area contributed by atoms with Gasteiger partial charge in [-0.05, 0) is 25.0 Å². The third kappa shape index (κ3) is 4.92. The molecule has 1 fully saturated rings. The van der Waals surface area contributed by atoms with Gasteiger partial charge >= 0.3 is 0 Å². The third-order valence-corrected chi connectivity index (χ3v) is 6.63. The number of carbonyl (C=O) groups is 2. The van der Waals surface area contributed by atoms with Crippen LogP contribution in [0.25, 0.3) is 11.3 Å². The molecule has 1 aliphatic heterocycles. The zero-order valence-electron chi connectivity index (χ0n) is 18.9. The topological polar surface area (TPSA) is 80.1 Å². The van der Waals surface area contributed by atoms with Crippen LogP contribution in [-0.4, -0.2) is 33.1 Å². The smallest absolute Gasteiger partial charge is 0.231 e. The Labute approximate surface area is 202 Å². The molecular formula is C26H25N5O2S. The van der Waals surface area contributed by atoms with E-state index in [9.17, 15) is 9.59 Å². The van der Waals surface area contributed by atoms with Crippen LogP contribution in [0.5, 0.6) is 0 Å². The molecule has 0 bridgehead atoms. The van der Waals surface area contributed by atoms with Crippen molar-refractivity contribution in [3.63, 3.8) is 0 Å². The first-order chi connectivity index (χ1) is 16.5. The van der Waals surface area contributed by atoms with Crippen LogP contribution in [0.15, 0.2) is 66.0 Å². The van der Waals surface area contributed by atoms with Crippen LogP contribution in [0.2, 0.25) is 0 Å². The minimum Gasteiger partial charge on any atom is -0.311 e. The fourth-order valence-electron chi connectivity index (χ4n) is 4.04. The molecule has 4 aromatic rings. The van der Waals surface area contributed by atoms with Gasteiger partial charge in [0.1, 0.15) is 5.82 Å². The molecule has 172 valence electrons. The van der Waals surface area contributed by atoms with Crippen molar-refractivity contribution in [2.75, 3.05) is 16.8 Å². The van der Waals surface area contributed by atoms with E-state index in [1.54, 1.807) is 4.90 Å². The molecule has 1 saturated heterocycles. The Balaban J connectivity index is 1.35. The largest absolute Gasteiger partial charge is 0.311 e. The SMILES string of the molecule is Cc1cccc(-c2cc(NC(=O)Cc3csc(N4CCCC4=O)n3)n(Cc3ccccc3)n2)c1. The van der Waals surface area contributed by atoms with Crippen LogP contribution in [0.4, 0.5) is 10.9 Å². The molecule has 34 heavy (non-hydrogen) atoms. The van der Waals surface area contributed by atoms with Gasteiger partial charge < -0.3 is 5.32 Å². The molecule has 8 heteroatoms. The zero-order chi connectivity index (χ0) is 23.5. The van der Waals surface area contributed by atoms with E-state index in [1.165, 1.54) is 11.3 Å². The molecule has 0 aliphatic carbocycles. The molecule has 5 rings (SSSR count). The maximum absolute atomic E-state index is 12.9. The van der Waals surface area contributed by atoms with E-state index in [0.717, 1.165) is 28.8 Å². The highest BCUT2D eigenvalue weighted by Gasteiger charge is 2.24. The molecule has 7 nitrogen and oxygen atoms in total. The van der Waals surface area contributed by atoms with Gasteiger partial charge in [-0.25, -0.2) is 9.67 Å². The molecule has 2 aromatic carbocycles. The Morgan fingerprint density at radius 1 is 1.12 bits per heavy atom. The van der Waals surface area contributed by atoms with Gasteiger partial charge in [0.25, 0.3) is 0 Å². The summed E-state index contributed by atoms with van der Waals surface area (Å²) in [5.74, 6) is 0.559. The second kappa shape index (κ2) is 9.61. The summed E-state index contributed by atoms with van der Waals surface area (Å²) < 4.78 is 1.82. The van der Waals surface area contributed by atoms with E-state index in [1.807, 2.05) is 71.6 Å². The number of benzene rings is 2. The standard InChI is InChI=1S/C26H25N5O2S/c1-18-7-5-10-20(13-18)22-15-23(31(29-22)16-19-8-3-2-4-9-19)28-24(32)14-21-17-34-26(27-21)30-12-6-11-25(30)33/h2-5,7-10,13,15,17H,6,11-12,14,16H2,1H3,(H,28,32). The lowest BCUT2D eigenvalue weighted by molar-refractivity contribution is -0.117. The van der Waals surface area contributed by atoms with Gasteiger partial charge in [-0.3, -0.25) is 14.5 Å². The van der Waals surface area contributed by atoms with E-state index >= 15 is 0 Å². The molecule has 0 spiro atoms. The summed E-state index contributed by atoms with van der Waals surface area (Å²) in [6.45, 7) is 3.28. The lowest BCUT2D eigenvalue weighted by Gasteiger charge is -2.10. The second-order valence-electron chi connectivity index (χ2n) is 8.42. The van der Waals surface area contributed by atoms with Crippen LogP contribution < -0.4 is 10.2 Å². The number of rotatable bonds is 7. The molecule has 2 aromatic heterocycles. The van der Waals surface area contributed by atoms with Gasteiger partial charge in [-0.2, -0.15) is 5.10 Å². The van der Waals surface area contributed by atoms with Gasteiger partial charge in [0, 0.05) is 30.0 Å². The van der Waals surface area contributed by atoms with E-state index in [-0.39, 0.29) is 18.2 Å². The Kier molecular flexibility index (Phi) is 6.22. The Morgan fingerprint density at radius 3 is 2.74 bits per heavy atom. The maximum atomic E-state index is 12.9. The van der Waals surface area contributed by atoms with Crippen molar-refractivity contribution in [2.45, 2.75) is 32.7 Å². The predicted octanol–water partition coefficient (Wildman–Crippen LogP) is 4.67. The number of thiazole rings is 1. The van der Waals surface area contributed by atoms with Crippen molar-refractivity contribution in [1.29, 1.82) is 0 Å². The van der Waals surface area contributed by atoms with Crippen LogP contribution in [0.1, 0.15) is 29.7 Å². The lowest BCUT2D eigenvalue weighted by Crippen LogP contribution is -2.23. The minimum absolute atomic E-state index is 0.0962. The van der Waals surface area contributed by atoms with Crippen molar-refractivity contribution < 1.29 is 9.59 Å². The molecule has 0 unspecified atom stereocenters. The molecule has 3 heterocycles. The average molecular weight is 472 g/mol. The van der Waals surface area contributed by atoms with Crippen molar-refractivity contribution in [1.82, 2.24) is 14.8 Å². The average Bonchev–Trinajstić information content (AvgIpc) is 3.55. The summed E-state index contributed by atoms with van der Waals surface area (Å²) in [6.07, 6.45) is 1.54. The first-order valence-corrected chi connectivity index (χ1v) is 12.2. The van der Waals surface area contributed by atoms with E-state index in [4.69, 9.17) is 5.10 Å². The van der Waals surface area contributed by atoms with E-state index < -0.39 is 0 Å². The maximum Gasteiger partial charge on any atom is 0.231 e. The monoisotopic (exact) mass is 471 g/mol. The number of nitrogens with one attached hydrogen (secondary N) is 1. The van der Waals surface area contributed by atoms with Crippen molar-refractivity contribution in [3.8, 4) is 11.3 Å². The van der Waals surface area contributed by atoms with Crippen molar-refractivity contribution >= 4 is 34.1 Å². The molecule has 1 aliphatic rings. The quantitative estimate of drug-likeness (QED) is 0.425. The second-order valence-corrected chi connectivity index (χ2v) is 9.26. The van der Waals surface area contributed by atoms with Gasteiger partial charge in [-0.15, -0.1) is 11.3 Å². The van der Waals surface area contributed by atoms with Gasteiger partial charge in [0.15, 0.2) is 5.13 Å². The summed E-state index contributed by atoms with van der Waals surface area (Å²) in [7, 11) is 0. The fourth-order valence-corrected chi connectivity index (χ4v) is 4.91. The number of aromatic nitrogens is 3. The van der Waals surface area contributed by atoms with Crippen molar-refractivity contribution in [3.05, 3.63) is 82.9 Å². The van der Waals surface area contributed by atoms with Crippen LogP contribution >= 0.6 is 11.3 Å². The van der Waals surface area contributed by atoms with Gasteiger partial charge in [0.05, 0.1) is 24.4 Å². The molecule has 0 atom stereocenters. The summed E-state index contributed by atoms with van der Waals surface area (Å²) in [5.41, 5.74) is 4.71. The van der Waals surface area contributed by atoms with Gasteiger partial charge in [0.2, 0.25) is 11.8 Å². The molecule has 1 N–H and O–H groups in total. The molecular weight excluding hydrogens is 446 g/mol. The zero-order valence-corrected chi connectivity index (χ0v) is 19.7. The highest BCUT2D eigenvalue weighted by molar-refractivity contribution is 7.14. The summed E-state index contributed by atoms with van der Waals surface area (Å²) in [5, 5.41) is 10.3. The normalized spacial score (nSPS) is 13.4. The van der Waals surface area contributed by atoms with Crippen LogP contribution in [0.3, 0.4) is 0 Å². The number of hydrogen-bond acceptors (Lipinski definition) is 5. The van der Waals surface area contributed by atoms with E-state index in [0.29, 0.717) is 36.2 Å². The summed E-state index contributed by atoms with van der Waals surface area (Å²) >= 11 is 1.40. The summed E-state index contributed by atoms with van der Waals surface area (Å²) in [6, 6.07) is 20.1. The fraction of sp³-hybridized carbons (Fsp3) is 0.231. The Hall–Kier alpha value is -3.78. The first-order valence-electron chi connectivity index (χ1n) is 11.3. The van der Waals surface area contributed by atoms with Crippen molar-refractivity contribution in [2.24, 2.45) is 0 Å². The van der Waals surface area contributed by atoms with Crippen LogP contribution in [0, 0.1) is 6.92 Å². The number of amides is 2. The van der Waals surface area contributed by atoms with Gasteiger partial charge in [-0.1, -0.05) is 54.1 Å². The first kappa shape index (κ1) is 22.0. The lowest BCUT2D eigenvalue weighted by atomic mass is 10.1. The number of carbonyl (C=O) groups excluding carboxylic acids is 2. The molecule has 0 radical (unpaired) electrons. The minimum atomic E-state index is -0.172.